The highest BCUT2D eigenvalue weighted by atomic mass is 16.6. The summed E-state index contributed by atoms with van der Waals surface area (Å²) in [5, 5.41) is 10.7. The molecule has 1 fully saturated rings. The minimum absolute atomic E-state index is 0.00578. The molecular formula is C42H78N4O13. The van der Waals surface area contributed by atoms with Crippen LogP contribution in [-0.4, -0.2) is 193 Å². The maximum atomic E-state index is 13.2. The van der Waals surface area contributed by atoms with Crippen LogP contribution < -0.4 is 0 Å². The van der Waals surface area contributed by atoms with Crippen molar-refractivity contribution >= 4 is 29.8 Å². The maximum absolute atomic E-state index is 13.2. The van der Waals surface area contributed by atoms with Crippen molar-refractivity contribution in [2.45, 2.75) is 144 Å². The summed E-state index contributed by atoms with van der Waals surface area (Å²) in [5.41, 5.74) is -3.62. The molecule has 17 nitrogen and oxygen atoms in total. The maximum Gasteiger partial charge on any atom is 0.332 e. The zero-order valence-corrected chi connectivity index (χ0v) is 38.9. The van der Waals surface area contributed by atoms with Gasteiger partial charge in [-0.1, -0.05) is 0 Å². The third kappa shape index (κ3) is 27.5. The quantitative estimate of drug-likeness (QED) is 0.177. The largest absolute Gasteiger partial charge is 0.459 e. The highest BCUT2D eigenvalue weighted by Gasteiger charge is 2.33. The van der Waals surface area contributed by atoms with Crippen molar-refractivity contribution in [3.05, 3.63) is 0 Å². The summed E-state index contributed by atoms with van der Waals surface area (Å²) in [7, 11) is 0. The third-order valence-corrected chi connectivity index (χ3v) is 8.03. The van der Waals surface area contributed by atoms with Crippen molar-refractivity contribution in [1.82, 2.24) is 19.6 Å². The second-order valence-corrected chi connectivity index (χ2v) is 19.9. The van der Waals surface area contributed by atoms with E-state index >= 15 is 0 Å². The Hall–Kier alpha value is -2.93. The number of carbonyl (C=O) groups is 5. The Balaban J connectivity index is 3.66. The number of hydrogen-bond acceptors (Lipinski definition) is 17. The lowest BCUT2D eigenvalue weighted by Gasteiger charge is -2.39. The van der Waals surface area contributed by atoms with Gasteiger partial charge >= 0.3 is 29.8 Å². The van der Waals surface area contributed by atoms with Crippen molar-refractivity contribution in [1.29, 1.82) is 0 Å². The molecule has 0 bridgehead atoms. The van der Waals surface area contributed by atoms with E-state index in [1.165, 1.54) is 0 Å². The van der Waals surface area contributed by atoms with Crippen LogP contribution in [0, 0.1) is 0 Å². The lowest BCUT2D eigenvalue weighted by Crippen LogP contribution is -2.55. The third-order valence-electron chi connectivity index (χ3n) is 8.03. The van der Waals surface area contributed by atoms with Gasteiger partial charge in [0.2, 0.25) is 0 Å². The van der Waals surface area contributed by atoms with E-state index in [2.05, 4.69) is 0 Å². The summed E-state index contributed by atoms with van der Waals surface area (Å²) in [4.78, 5) is 72.7. The van der Waals surface area contributed by atoms with Crippen LogP contribution in [-0.2, 0) is 57.1 Å². The zero-order chi connectivity index (χ0) is 45.4. The molecule has 17 heteroatoms. The second-order valence-electron chi connectivity index (χ2n) is 19.9. The van der Waals surface area contributed by atoms with Crippen LogP contribution in [0.4, 0.5) is 0 Å². The van der Waals surface area contributed by atoms with Crippen molar-refractivity contribution in [2.24, 2.45) is 0 Å². The average Bonchev–Trinajstić information content (AvgIpc) is 3.00. The number of hydrogen-bond donors (Lipinski definition) is 1. The molecule has 0 spiro atoms. The van der Waals surface area contributed by atoms with Gasteiger partial charge in [-0.05, 0) is 104 Å². The highest BCUT2D eigenvalue weighted by molar-refractivity contribution is 5.73. The van der Waals surface area contributed by atoms with Gasteiger partial charge in [0.25, 0.3) is 0 Å². The predicted octanol–water partition coefficient (Wildman–Crippen LogP) is 2.68. The first kappa shape index (κ1) is 54.1. The molecule has 2 atom stereocenters. The lowest BCUT2D eigenvalue weighted by molar-refractivity contribution is -0.167. The van der Waals surface area contributed by atoms with Crippen LogP contribution in [0.5, 0.6) is 0 Å². The van der Waals surface area contributed by atoms with Crippen LogP contribution >= 0.6 is 0 Å². The molecule has 0 radical (unpaired) electrons. The number of carbonyl (C=O) groups excluding carboxylic acids is 5. The molecule has 0 aromatic carbocycles. The van der Waals surface area contributed by atoms with E-state index in [1.54, 1.807) is 104 Å². The first-order chi connectivity index (χ1) is 26.8. The summed E-state index contributed by atoms with van der Waals surface area (Å²) >= 11 is 0. The Morgan fingerprint density at radius 3 is 1.05 bits per heavy atom. The molecule has 0 unspecified atom stereocenters. The summed E-state index contributed by atoms with van der Waals surface area (Å²) in [6.45, 7) is 27.8. The topological polar surface area (TPSA) is 183 Å². The molecule has 0 saturated carbocycles. The molecule has 1 saturated heterocycles. The van der Waals surface area contributed by atoms with Gasteiger partial charge in [-0.3, -0.25) is 34.0 Å². The van der Waals surface area contributed by atoms with Gasteiger partial charge < -0.3 is 38.3 Å². The fourth-order valence-electron chi connectivity index (χ4n) is 5.94. The number of aliphatic hydroxyl groups is 1. The lowest BCUT2D eigenvalue weighted by atomic mass is 10.1. The number of aliphatic hydroxyl groups excluding tert-OH is 1. The molecule has 0 amide bonds. The van der Waals surface area contributed by atoms with Crippen molar-refractivity contribution in [3.8, 4) is 0 Å². The van der Waals surface area contributed by atoms with E-state index in [9.17, 15) is 29.1 Å². The highest BCUT2D eigenvalue weighted by Crippen LogP contribution is 2.16. The number of esters is 5. The summed E-state index contributed by atoms with van der Waals surface area (Å²) in [6, 6.07) is -0.733. The van der Waals surface area contributed by atoms with Crippen LogP contribution in [0.1, 0.15) is 104 Å². The van der Waals surface area contributed by atoms with Crippen LogP contribution in [0.3, 0.4) is 0 Å². The van der Waals surface area contributed by atoms with E-state index in [0.717, 1.165) is 0 Å². The average molecular weight is 847 g/mol. The molecule has 1 rings (SSSR count). The number of nitrogens with zero attached hydrogens (tertiary/aromatic N) is 4. The van der Waals surface area contributed by atoms with Gasteiger partial charge in [0.15, 0.2) is 0 Å². The molecule has 0 aromatic rings. The Labute approximate surface area is 353 Å². The molecule has 1 aliphatic heterocycles. The minimum Gasteiger partial charge on any atom is -0.459 e. The van der Waals surface area contributed by atoms with E-state index in [0.29, 0.717) is 52.4 Å². The SMILES string of the molecule is CC(C)(C)OC(=O)COC[C@H]([C@@H](CO)OCC(=O)OC(C)(C)C)N1CCN(CC(=O)OC(C)(C)C)CCN(CC(=O)OC(C)(C)C)CCN(CC(=O)OC(C)(C)C)CC1. The van der Waals surface area contributed by atoms with Crippen molar-refractivity contribution in [3.63, 3.8) is 0 Å². The van der Waals surface area contributed by atoms with Gasteiger partial charge in [-0.2, -0.15) is 0 Å². The van der Waals surface area contributed by atoms with E-state index in [-0.39, 0.29) is 32.8 Å². The normalized spacial score (nSPS) is 17.8. The summed E-state index contributed by atoms with van der Waals surface area (Å²) in [5.74, 6) is -2.46. The van der Waals surface area contributed by atoms with Gasteiger partial charge in [0, 0.05) is 52.4 Å². The monoisotopic (exact) mass is 847 g/mol. The van der Waals surface area contributed by atoms with E-state index in [4.69, 9.17) is 33.2 Å². The van der Waals surface area contributed by atoms with E-state index < -0.39 is 83.2 Å². The first-order valence-corrected chi connectivity index (χ1v) is 20.6. The molecule has 344 valence electrons. The summed E-state index contributed by atoms with van der Waals surface area (Å²) in [6.07, 6.45) is -0.989. The van der Waals surface area contributed by atoms with Gasteiger partial charge in [-0.25, -0.2) is 9.59 Å². The molecule has 0 aliphatic carbocycles. The molecule has 0 aromatic heterocycles. The fraction of sp³-hybridized carbons (Fsp3) is 0.881. The molecule has 1 aliphatic rings. The second kappa shape index (κ2) is 23.9. The zero-order valence-electron chi connectivity index (χ0n) is 38.9. The molecule has 59 heavy (non-hydrogen) atoms. The van der Waals surface area contributed by atoms with Gasteiger partial charge in [0.05, 0.1) is 45.0 Å². The number of rotatable bonds is 16. The number of ether oxygens (including phenoxy) is 7. The fourth-order valence-corrected chi connectivity index (χ4v) is 5.94. The van der Waals surface area contributed by atoms with Crippen molar-refractivity contribution < 1.29 is 62.2 Å². The van der Waals surface area contributed by atoms with Gasteiger partial charge in [-0.15, -0.1) is 0 Å². The minimum atomic E-state index is -0.989. The van der Waals surface area contributed by atoms with Crippen LogP contribution in [0.25, 0.3) is 0 Å². The Kier molecular flexibility index (Phi) is 21.9. The van der Waals surface area contributed by atoms with Gasteiger partial charge in [0.1, 0.15) is 41.2 Å². The first-order valence-electron chi connectivity index (χ1n) is 20.6. The Morgan fingerprint density at radius 1 is 0.458 bits per heavy atom. The predicted molar refractivity (Wildman–Crippen MR) is 222 cm³/mol. The summed E-state index contributed by atoms with van der Waals surface area (Å²) < 4.78 is 39.8. The Bertz CT molecular complexity index is 1280. The van der Waals surface area contributed by atoms with Crippen LogP contribution in [0.15, 0.2) is 0 Å². The smallest absolute Gasteiger partial charge is 0.332 e. The Morgan fingerprint density at radius 2 is 0.746 bits per heavy atom. The van der Waals surface area contributed by atoms with Crippen LogP contribution in [0.2, 0.25) is 0 Å². The standard InChI is InChI=1S/C42H78N4O13/c1-38(2,3)55-33(48)24-43-16-18-44(25-34(49)56-39(4,5)6)20-22-46(23-21-45(19-17-43)26-35(50)57-40(7,8)9)31(28-53-29-36(51)58-41(10,11)12)32(27-47)54-30-37(52)59-42(13,14)15/h31-32,47H,16-30H2,1-15H3/t31-,32-/m1/s1. The molecule has 1 heterocycles. The molecular weight excluding hydrogens is 768 g/mol. The van der Waals surface area contributed by atoms with E-state index in [1.807, 2.05) is 19.6 Å². The van der Waals surface area contributed by atoms with Crippen molar-refractivity contribution in [2.75, 3.05) is 98.4 Å². The molecule has 1 N–H and O–H groups in total.